The summed E-state index contributed by atoms with van der Waals surface area (Å²) in [4.78, 5) is 29.4. The topological polar surface area (TPSA) is 83.7 Å². The fraction of sp³-hybridized carbons (Fsp3) is 0.0645. The average molecular weight is 518 g/mol. The van der Waals surface area contributed by atoms with Crippen molar-refractivity contribution in [3.05, 3.63) is 130 Å². The van der Waals surface area contributed by atoms with Gasteiger partial charge in [-0.3, -0.25) is 4.79 Å². The molecule has 0 aliphatic rings. The molecule has 1 amide bonds. The molecule has 3 aromatic heterocycles. The van der Waals surface area contributed by atoms with Crippen LogP contribution < -0.4 is 5.32 Å². The summed E-state index contributed by atoms with van der Waals surface area (Å²) in [6, 6.07) is 25.1. The van der Waals surface area contributed by atoms with Crippen molar-refractivity contribution < 1.29 is 14.7 Å². The fourth-order valence-electron chi connectivity index (χ4n) is 4.68. The molecule has 3 aromatic carbocycles. The molecule has 0 saturated heterocycles. The first-order valence-electron chi connectivity index (χ1n) is 12.2. The summed E-state index contributed by atoms with van der Waals surface area (Å²) in [7, 11) is 0. The van der Waals surface area contributed by atoms with E-state index in [2.05, 4.69) is 41.0 Å². The molecule has 3 heterocycles. The highest BCUT2D eigenvalue weighted by Gasteiger charge is 2.18. The monoisotopic (exact) mass is 517 g/mol. The van der Waals surface area contributed by atoms with Crippen molar-refractivity contribution in [3.8, 4) is 11.1 Å². The van der Waals surface area contributed by atoms with Crippen LogP contribution in [-0.2, 0) is 13.0 Å². The lowest BCUT2D eigenvalue weighted by Crippen LogP contribution is -2.23. The number of carbonyl (C=O) groups is 2. The van der Waals surface area contributed by atoms with Crippen LogP contribution >= 0.6 is 11.3 Å². The Balaban J connectivity index is 1.35. The SMILES string of the molecule is O=C(O)c1ccc(CNC(=O)c2cc(-c3ccsc3)cn3cnc(Cc4ccc5ccccc5c4)c23)cc1. The van der Waals surface area contributed by atoms with Gasteiger partial charge in [-0.1, -0.05) is 54.6 Å². The summed E-state index contributed by atoms with van der Waals surface area (Å²) in [6.07, 6.45) is 4.37. The Bertz CT molecular complexity index is 1790. The van der Waals surface area contributed by atoms with E-state index < -0.39 is 5.97 Å². The minimum Gasteiger partial charge on any atom is -0.478 e. The van der Waals surface area contributed by atoms with Crippen LogP contribution in [0.3, 0.4) is 0 Å². The number of carboxylic acids is 1. The standard InChI is InChI=1S/C31H23N3O3S/c35-30(32-16-20-5-9-23(10-6-20)31(36)37)27-15-26(25-11-12-38-18-25)17-34-19-33-28(29(27)34)14-21-7-8-22-3-1-2-4-24(22)13-21/h1-13,15,17-19H,14,16H2,(H,32,35)(H,36,37). The Morgan fingerprint density at radius 3 is 2.45 bits per heavy atom. The van der Waals surface area contributed by atoms with Gasteiger partial charge in [-0.15, -0.1) is 0 Å². The van der Waals surface area contributed by atoms with Crippen LogP contribution in [-0.4, -0.2) is 26.4 Å². The predicted octanol–water partition coefficient (Wildman–Crippen LogP) is 6.44. The lowest BCUT2D eigenvalue weighted by Gasteiger charge is -2.11. The van der Waals surface area contributed by atoms with E-state index in [1.54, 1.807) is 29.8 Å². The molecule has 38 heavy (non-hydrogen) atoms. The van der Waals surface area contributed by atoms with Crippen molar-refractivity contribution in [1.29, 1.82) is 0 Å². The Morgan fingerprint density at radius 1 is 0.895 bits per heavy atom. The quantitative estimate of drug-likeness (QED) is 0.255. The maximum Gasteiger partial charge on any atom is 0.335 e. The van der Waals surface area contributed by atoms with Gasteiger partial charge in [0.2, 0.25) is 0 Å². The minimum absolute atomic E-state index is 0.211. The van der Waals surface area contributed by atoms with Gasteiger partial charge in [-0.2, -0.15) is 11.3 Å². The largest absolute Gasteiger partial charge is 0.478 e. The first kappa shape index (κ1) is 23.6. The van der Waals surface area contributed by atoms with Gasteiger partial charge in [0, 0.05) is 24.7 Å². The zero-order valence-electron chi connectivity index (χ0n) is 20.3. The highest BCUT2D eigenvalue weighted by atomic mass is 32.1. The predicted molar refractivity (Wildman–Crippen MR) is 150 cm³/mol. The molecule has 7 heteroatoms. The van der Waals surface area contributed by atoms with E-state index in [-0.39, 0.29) is 18.0 Å². The molecule has 0 aliphatic heterocycles. The number of rotatable bonds is 7. The zero-order valence-corrected chi connectivity index (χ0v) is 21.1. The second-order valence-corrected chi connectivity index (χ2v) is 9.92. The van der Waals surface area contributed by atoms with Crippen molar-refractivity contribution in [1.82, 2.24) is 14.7 Å². The fourth-order valence-corrected chi connectivity index (χ4v) is 5.34. The van der Waals surface area contributed by atoms with Gasteiger partial charge in [-0.25, -0.2) is 9.78 Å². The Labute approximate surface area is 222 Å². The molecule has 0 unspecified atom stereocenters. The molecule has 0 saturated carbocycles. The first-order valence-corrected chi connectivity index (χ1v) is 13.1. The number of benzene rings is 3. The summed E-state index contributed by atoms with van der Waals surface area (Å²) < 4.78 is 1.93. The number of amides is 1. The third kappa shape index (κ3) is 4.67. The van der Waals surface area contributed by atoms with Crippen molar-refractivity contribution in [3.63, 3.8) is 0 Å². The van der Waals surface area contributed by atoms with Crippen molar-refractivity contribution >= 4 is 39.5 Å². The van der Waals surface area contributed by atoms with E-state index >= 15 is 0 Å². The van der Waals surface area contributed by atoms with E-state index in [9.17, 15) is 9.59 Å². The summed E-state index contributed by atoms with van der Waals surface area (Å²) >= 11 is 1.61. The number of pyridine rings is 1. The molecule has 186 valence electrons. The van der Waals surface area contributed by atoms with Crippen LogP contribution in [0.4, 0.5) is 0 Å². The van der Waals surface area contributed by atoms with E-state index in [0.29, 0.717) is 12.0 Å². The Morgan fingerprint density at radius 2 is 1.68 bits per heavy atom. The number of nitrogens with zero attached hydrogens (tertiary/aromatic N) is 2. The van der Waals surface area contributed by atoms with Gasteiger partial charge in [-0.05, 0) is 62.5 Å². The van der Waals surface area contributed by atoms with Crippen molar-refractivity contribution in [2.45, 2.75) is 13.0 Å². The molecular weight excluding hydrogens is 494 g/mol. The molecule has 0 bridgehead atoms. The third-order valence-electron chi connectivity index (χ3n) is 6.64. The number of aromatic nitrogens is 2. The van der Waals surface area contributed by atoms with Gasteiger partial charge >= 0.3 is 5.97 Å². The number of hydrogen-bond acceptors (Lipinski definition) is 4. The van der Waals surface area contributed by atoms with Crippen LogP contribution in [0.25, 0.3) is 27.4 Å². The molecule has 0 radical (unpaired) electrons. The van der Waals surface area contributed by atoms with E-state index in [4.69, 9.17) is 10.1 Å². The van der Waals surface area contributed by atoms with Gasteiger partial charge in [0.1, 0.15) is 0 Å². The lowest BCUT2D eigenvalue weighted by atomic mass is 10.0. The van der Waals surface area contributed by atoms with Crippen molar-refractivity contribution in [2.75, 3.05) is 0 Å². The van der Waals surface area contributed by atoms with E-state index in [1.165, 1.54) is 22.9 Å². The second-order valence-electron chi connectivity index (χ2n) is 9.14. The maximum absolute atomic E-state index is 13.6. The summed E-state index contributed by atoms with van der Waals surface area (Å²) in [5.74, 6) is -1.19. The van der Waals surface area contributed by atoms with Gasteiger partial charge in [0.25, 0.3) is 5.91 Å². The molecular formula is C31H23N3O3S. The van der Waals surface area contributed by atoms with Gasteiger partial charge in [0.05, 0.1) is 28.7 Å². The number of hydrogen-bond donors (Lipinski definition) is 2. The number of thiophene rings is 1. The second kappa shape index (κ2) is 9.95. The number of carboxylic acid groups (broad SMARTS) is 1. The molecule has 0 spiro atoms. The summed E-state index contributed by atoms with van der Waals surface area (Å²) in [5.41, 5.74) is 6.27. The lowest BCUT2D eigenvalue weighted by molar-refractivity contribution is 0.0696. The number of fused-ring (bicyclic) bond motifs is 2. The minimum atomic E-state index is -0.979. The van der Waals surface area contributed by atoms with Crippen LogP contribution in [0.2, 0.25) is 0 Å². The van der Waals surface area contributed by atoms with Crippen LogP contribution in [0.15, 0.2) is 102 Å². The summed E-state index contributed by atoms with van der Waals surface area (Å²) in [6.45, 7) is 0.279. The molecule has 0 atom stereocenters. The number of carbonyl (C=O) groups excluding carboxylic acids is 1. The average Bonchev–Trinajstić information content (AvgIpc) is 3.62. The Hall–Kier alpha value is -4.75. The molecule has 6 aromatic rings. The van der Waals surface area contributed by atoms with E-state index in [1.807, 2.05) is 40.2 Å². The van der Waals surface area contributed by atoms with Crippen molar-refractivity contribution in [2.24, 2.45) is 0 Å². The van der Waals surface area contributed by atoms with Crippen LogP contribution in [0.1, 0.15) is 37.5 Å². The van der Waals surface area contributed by atoms with E-state index in [0.717, 1.165) is 33.5 Å². The van der Waals surface area contributed by atoms with Crippen LogP contribution in [0.5, 0.6) is 0 Å². The Kier molecular flexibility index (Phi) is 6.19. The number of imidazole rings is 1. The number of aromatic carboxylic acids is 1. The van der Waals surface area contributed by atoms with Crippen LogP contribution in [0, 0.1) is 0 Å². The normalized spacial score (nSPS) is 11.2. The summed E-state index contributed by atoms with van der Waals surface area (Å²) in [5, 5.41) is 18.6. The third-order valence-corrected chi connectivity index (χ3v) is 7.32. The smallest absolute Gasteiger partial charge is 0.335 e. The maximum atomic E-state index is 13.6. The molecule has 0 aliphatic carbocycles. The molecule has 0 fully saturated rings. The highest BCUT2D eigenvalue weighted by molar-refractivity contribution is 7.08. The first-order chi connectivity index (χ1) is 18.5. The molecule has 6 nitrogen and oxygen atoms in total. The number of nitrogens with one attached hydrogen (secondary N) is 1. The van der Waals surface area contributed by atoms with Gasteiger partial charge < -0.3 is 14.8 Å². The molecule has 6 rings (SSSR count). The molecule has 2 N–H and O–H groups in total. The zero-order chi connectivity index (χ0) is 26.1. The van der Waals surface area contributed by atoms with Gasteiger partial charge in [0.15, 0.2) is 0 Å². The highest BCUT2D eigenvalue weighted by Crippen LogP contribution is 2.28.